The van der Waals surface area contributed by atoms with Gasteiger partial charge in [-0.2, -0.15) is 0 Å². The molecular formula is C15H16Cl2N2O. The first kappa shape index (κ1) is 15.1. The van der Waals surface area contributed by atoms with E-state index in [0.717, 1.165) is 11.4 Å². The van der Waals surface area contributed by atoms with Gasteiger partial charge in [0.2, 0.25) is 0 Å². The first-order valence-corrected chi connectivity index (χ1v) is 7.28. The quantitative estimate of drug-likeness (QED) is 0.737. The second-order valence-electron chi connectivity index (χ2n) is 4.84. The van der Waals surface area contributed by atoms with Gasteiger partial charge in [-0.25, -0.2) is 9.97 Å². The third-order valence-electron chi connectivity index (χ3n) is 2.85. The van der Waals surface area contributed by atoms with Crippen molar-refractivity contribution in [1.29, 1.82) is 0 Å². The minimum absolute atomic E-state index is 0.254. The third-order valence-corrected chi connectivity index (χ3v) is 3.53. The predicted octanol–water partition coefficient (Wildman–Crippen LogP) is 5.09. The van der Waals surface area contributed by atoms with Crippen LogP contribution in [0.3, 0.4) is 0 Å². The zero-order chi connectivity index (χ0) is 14.7. The number of alkyl halides is 1. The molecule has 0 aliphatic carbocycles. The molecule has 1 aromatic heterocycles. The molecule has 2 rings (SSSR count). The second kappa shape index (κ2) is 6.42. The zero-order valence-electron chi connectivity index (χ0n) is 11.7. The summed E-state index contributed by atoms with van der Waals surface area (Å²) >= 11 is 11.9. The van der Waals surface area contributed by atoms with E-state index in [1.165, 1.54) is 0 Å². The summed E-state index contributed by atoms with van der Waals surface area (Å²) in [6.07, 6.45) is 1.67. The summed E-state index contributed by atoms with van der Waals surface area (Å²) in [5.41, 5.74) is 1.65. The highest BCUT2D eigenvalue weighted by atomic mass is 35.5. The fraction of sp³-hybridized carbons (Fsp3) is 0.333. The highest BCUT2D eigenvalue weighted by Gasteiger charge is 2.11. The molecule has 0 radical (unpaired) electrons. The van der Waals surface area contributed by atoms with Crippen LogP contribution in [-0.4, -0.2) is 9.97 Å². The highest BCUT2D eigenvalue weighted by molar-refractivity contribution is 6.31. The lowest BCUT2D eigenvalue weighted by Gasteiger charge is -2.12. The molecule has 0 bridgehead atoms. The van der Waals surface area contributed by atoms with Gasteiger partial charge in [-0.05, 0) is 30.7 Å². The van der Waals surface area contributed by atoms with Crippen molar-refractivity contribution in [3.05, 3.63) is 46.5 Å². The Kier molecular flexibility index (Phi) is 4.84. The molecule has 0 unspecified atom stereocenters. The van der Waals surface area contributed by atoms with Crippen LogP contribution < -0.4 is 4.74 Å². The van der Waals surface area contributed by atoms with E-state index >= 15 is 0 Å². The Bertz CT molecular complexity index is 615. The minimum Gasteiger partial charge on any atom is -0.454 e. The van der Waals surface area contributed by atoms with Gasteiger partial charge in [-0.3, -0.25) is 0 Å². The molecule has 0 aliphatic heterocycles. The van der Waals surface area contributed by atoms with E-state index in [4.69, 9.17) is 27.9 Å². The van der Waals surface area contributed by atoms with Crippen LogP contribution in [0.2, 0.25) is 5.02 Å². The maximum absolute atomic E-state index is 6.00. The minimum atomic E-state index is 0.254. The lowest BCUT2D eigenvalue weighted by atomic mass is 10.2. The summed E-state index contributed by atoms with van der Waals surface area (Å²) in [5, 5.41) is 0.710. The van der Waals surface area contributed by atoms with Crippen LogP contribution in [-0.2, 0) is 5.88 Å². The molecule has 0 amide bonds. The molecule has 5 heteroatoms. The van der Waals surface area contributed by atoms with Crippen LogP contribution in [0.1, 0.15) is 36.8 Å². The van der Waals surface area contributed by atoms with Gasteiger partial charge in [0.1, 0.15) is 17.3 Å². The Morgan fingerprint density at radius 2 is 2.05 bits per heavy atom. The first-order valence-electron chi connectivity index (χ1n) is 6.37. The Balaban J connectivity index is 2.30. The normalized spacial score (nSPS) is 10.9. The molecule has 0 spiro atoms. The number of benzene rings is 1. The number of rotatable bonds is 4. The summed E-state index contributed by atoms with van der Waals surface area (Å²) in [7, 11) is 0. The van der Waals surface area contributed by atoms with Gasteiger partial charge in [0.05, 0.1) is 12.1 Å². The van der Waals surface area contributed by atoms with E-state index in [2.05, 4.69) is 9.97 Å². The fourth-order valence-corrected chi connectivity index (χ4v) is 2.00. The van der Waals surface area contributed by atoms with Crippen molar-refractivity contribution in [2.75, 3.05) is 0 Å². The number of ether oxygens (including phenoxy) is 1. The van der Waals surface area contributed by atoms with Gasteiger partial charge in [0, 0.05) is 10.9 Å². The summed E-state index contributed by atoms with van der Waals surface area (Å²) in [6.45, 7) is 6.00. The monoisotopic (exact) mass is 310 g/mol. The van der Waals surface area contributed by atoms with Gasteiger partial charge in [-0.15, -0.1) is 11.6 Å². The van der Waals surface area contributed by atoms with Crippen LogP contribution >= 0.6 is 23.2 Å². The number of hydrogen-bond acceptors (Lipinski definition) is 3. The lowest BCUT2D eigenvalue weighted by Crippen LogP contribution is -2.02. The van der Waals surface area contributed by atoms with Crippen molar-refractivity contribution in [2.45, 2.75) is 32.6 Å². The first-order chi connectivity index (χ1) is 9.51. The highest BCUT2D eigenvalue weighted by Crippen LogP contribution is 2.28. The van der Waals surface area contributed by atoms with Crippen LogP contribution in [0.15, 0.2) is 24.4 Å². The molecule has 106 valence electrons. The largest absolute Gasteiger partial charge is 0.454 e. The van der Waals surface area contributed by atoms with Crippen LogP contribution in [0.5, 0.6) is 11.5 Å². The second-order valence-corrected chi connectivity index (χ2v) is 5.51. The van der Waals surface area contributed by atoms with Crippen molar-refractivity contribution in [3.8, 4) is 11.5 Å². The van der Waals surface area contributed by atoms with Gasteiger partial charge in [-0.1, -0.05) is 25.4 Å². The van der Waals surface area contributed by atoms with E-state index in [1.807, 2.05) is 32.9 Å². The van der Waals surface area contributed by atoms with Crippen molar-refractivity contribution in [2.24, 2.45) is 0 Å². The summed E-state index contributed by atoms with van der Waals surface area (Å²) in [4.78, 5) is 8.73. The summed E-state index contributed by atoms with van der Waals surface area (Å²) < 4.78 is 5.80. The number of hydrogen-bond donors (Lipinski definition) is 0. The van der Waals surface area contributed by atoms with Crippen molar-refractivity contribution in [1.82, 2.24) is 9.97 Å². The molecular weight excluding hydrogens is 295 g/mol. The van der Waals surface area contributed by atoms with Gasteiger partial charge in [0.15, 0.2) is 5.75 Å². The van der Waals surface area contributed by atoms with Crippen LogP contribution in [0.25, 0.3) is 0 Å². The van der Waals surface area contributed by atoms with E-state index < -0.39 is 0 Å². The third kappa shape index (κ3) is 3.41. The van der Waals surface area contributed by atoms with Crippen molar-refractivity contribution >= 4 is 23.2 Å². The van der Waals surface area contributed by atoms with E-state index in [9.17, 15) is 0 Å². The molecule has 0 saturated carbocycles. The topological polar surface area (TPSA) is 35.0 Å². The Morgan fingerprint density at radius 1 is 1.30 bits per heavy atom. The molecule has 0 atom stereocenters. The number of aryl methyl sites for hydroxylation is 1. The Labute approximate surface area is 128 Å². The predicted molar refractivity (Wildman–Crippen MR) is 81.9 cm³/mol. The van der Waals surface area contributed by atoms with Gasteiger partial charge < -0.3 is 4.74 Å². The van der Waals surface area contributed by atoms with E-state index in [1.54, 1.807) is 12.3 Å². The smallest absolute Gasteiger partial charge is 0.168 e. The summed E-state index contributed by atoms with van der Waals surface area (Å²) in [6, 6.07) is 5.48. The standard InChI is InChI=1S/C15H16Cl2N2O/c1-9(2)15-18-8-14(13(7-16)19-15)20-11-4-5-12(17)10(3)6-11/h4-6,8-9H,7H2,1-3H3. The van der Waals surface area contributed by atoms with E-state index in [-0.39, 0.29) is 11.8 Å². The van der Waals surface area contributed by atoms with Crippen LogP contribution in [0, 0.1) is 6.92 Å². The molecule has 20 heavy (non-hydrogen) atoms. The molecule has 3 nitrogen and oxygen atoms in total. The van der Waals surface area contributed by atoms with Gasteiger partial charge >= 0.3 is 0 Å². The maximum atomic E-state index is 6.00. The molecule has 0 N–H and O–H groups in total. The molecule has 0 aliphatic rings. The summed E-state index contributed by atoms with van der Waals surface area (Å²) in [5.74, 6) is 2.57. The molecule has 1 heterocycles. The number of aromatic nitrogens is 2. The maximum Gasteiger partial charge on any atom is 0.168 e. The van der Waals surface area contributed by atoms with Gasteiger partial charge in [0.25, 0.3) is 0 Å². The molecule has 0 fully saturated rings. The molecule has 1 aromatic carbocycles. The number of halogens is 2. The van der Waals surface area contributed by atoms with Crippen LogP contribution in [0.4, 0.5) is 0 Å². The van der Waals surface area contributed by atoms with Crippen molar-refractivity contribution in [3.63, 3.8) is 0 Å². The molecule has 0 saturated heterocycles. The molecule has 2 aromatic rings. The van der Waals surface area contributed by atoms with E-state index in [0.29, 0.717) is 22.2 Å². The lowest BCUT2D eigenvalue weighted by molar-refractivity contribution is 0.469. The average molecular weight is 311 g/mol. The number of nitrogens with zero attached hydrogens (tertiary/aromatic N) is 2. The SMILES string of the molecule is Cc1cc(Oc2cnc(C(C)C)nc2CCl)ccc1Cl. The average Bonchev–Trinajstić information content (AvgIpc) is 2.43. The fourth-order valence-electron chi connectivity index (χ4n) is 1.69. The Hall–Kier alpha value is -1.32. The van der Waals surface area contributed by atoms with Crippen molar-refractivity contribution < 1.29 is 4.74 Å². The zero-order valence-corrected chi connectivity index (χ0v) is 13.2. The Morgan fingerprint density at radius 3 is 2.65 bits per heavy atom.